The van der Waals surface area contributed by atoms with E-state index >= 15 is 0 Å². The quantitative estimate of drug-likeness (QED) is 0.784. The average molecular weight is 355 g/mol. The molecule has 1 heterocycles. The molecule has 0 fully saturated rings. The van der Waals surface area contributed by atoms with Crippen LogP contribution < -0.4 is 5.32 Å². The molecule has 0 saturated heterocycles. The molecule has 0 spiro atoms. The van der Waals surface area contributed by atoms with E-state index < -0.39 is 25.8 Å². The number of halogens is 1. The van der Waals surface area contributed by atoms with Gasteiger partial charge >= 0.3 is 0 Å². The van der Waals surface area contributed by atoms with Gasteiger partial charge in [-0.3, -0.25) is 9.00 Å². The fourth-order valence-electron chi connectivity index (χ4n) is 1.64. The highest BCUT2D eigenvalue weighted by molar-refractivity contribution is 8.13. The monoisotopic (exact) mass is 354 g/mol. The van der Waals surface area contributed by atoms with Crippen LogP contribution in [0.3, 0.4) is 0 Å². The summed E-state index contributed by atoms with van der Waals surface area (Å²) in [5.74, 6) is -0.424. The number of carbonyl (C=O) groups excluding carboxylic acids is 1. The SMILES string of the molecule is CC(C)n1cc(S(=O)(=O)Cl)cc1C(=O)NCC(C)S(C)=O. The number of hydrogen-bond donors (Lipinski definition) is 1. The van der Waals surface area contributed by atoms with Gasteiger partial charge in [0, 0.05) is 51.8 Å². The van der Waals surface area contributed by atoms with Crippen molar-refractivity contribution in [2.75, 3.05) is 12.8 Å². The third kappa shape index (κ3) is 4.82. The fourth-order valence-corrected chi connectivity index (χ4v) is 2.70. The summed E-state index contributed by atoms with van der Waals surface area (Å²) in [5, 5.41) is 2.46. The first-order valence-corrected chi connectivity index (χ1v) is 10.2. The summed E-state index contributed by atoms with van der Waals surface area (Å²) >= 11 is 0. The molecule has 0 aromatic carbocycles. The lowest BCUT2D eigenvalue weighted by molar-refractivity contribution is 0.0943. The lowest BCUT2D eigenvalue weighted by atomic mass is 10.3. The summed E-state index contributed by atoms with van der Waals surface area (Å²) in [6.07, 6.45) is 2.90. The molecular weight excluding hydrogens is 336 g/mol. The first-order valence-electron chi connectivity index (χ1n) is 6.31. The number of nitrogens with one attached hydrogen (secondary N) is 1. The molecular formula is C12H19ClN2O4S2. The molecule has 120 valence electrons. The van der Waals surface area contributed by atoms with Crippen molar-refractivity contribution < 1.29 is 17.4 Å². The Morgan fingerprint density at radius 2 is 2.00 bits per heavy atom. The van der Waals surface area contributed by atoms with Crippen LogP contribution in [0.4, 0.5) is 0 Å². The van der Waals surface area contributed by atoms with Crippen molar-refractivity contribution in [1.29, 1.82) is 0 Å². The molecule has 0 saturated carbocycles. The number of carbonyl (C=O) groups is 1. The smallest absolute Gasteiger partial charge is 0.267 e. The lowest BCUT2D eigenvalue weighted by Gasteiger charge is -2.14. The average Bonchev–Trinajstić information content (AvgIpc) is 2.80. The predicted octanol–water partition coefficient (Wildman–Crippen LogP) is 1.49. The van der Waals surface area contributed by atoms with E-state index in [0.29, 0.717) is 0 Å². The zero-order valence-corrected chi connectivity index (χ0v) is 14.7. The zero-order chi connectivity index (χ0) is 16.4. The maximum Gasteiger partial charge on any atom is 0.267 e. The summed E-state index contributed by atoms with van der Waals surface area (Å²) in [5.41, 5.74) is 0.207. The van der Waals surface area contributed by atoms with E-state index in [-0.39, 0.29) is 28.4 Å². The van der Waals surface area contributed by atoms with Crippen LogP contribution in [0.15, 0.2) is 17.2 Å². The van der Waals surface area contributed by atoms with E-state index in [0.717, 1.165) is 0 Å². The standard InChI is InChI=1S/C12H19ClN2O4S2/c1-8(2)15-7-10(21(13,18)19)5-11(15)12(16)14-6-9(3)20(4)17/h5,7-9H,6H2,1-4H3,(H,14,16). The fraction of sp³-hybridized carbons (Fsp3) is 0.583. The highest BCUT2D eigenvalue weighted by Crippen LogP contribution is 2.21. The number of rotatable bonds is 6. The Hall–Kier alpha value is -0.860. The molecule has 1 aromatic rings. The Kier molecular flexibility index (Phi) is 6.01. The van der Waals surface area contributed by atoms with Crippen molar-refractivity contribution in [1.82, 2.24) is 9.88 Å². The van der Waals surface area contributed by atoms with Crippen LogP contribution in [0.25, 0.3) is 0 Å². The van der Waals surface area contributed by atoms with Crippen molar-refractivity contribution in [3.05, 3.63) is 18.0 Å². The molecule has 1 rings (SSSR count). The molecule has 1 N–H and O–H groups in total. The molecule has 0 aliphatic heterocycles. The second kappa shape index (κ2) is 6.93. The van der Waals surface area contributed by atoms with Gasteiger partial charge in [0.15, 0.2) is 0 Å². The van der Waals surface area contributed by atoms with Crippen molar-refractivity contribution in [3.8, 4) is 0 Å². The Morgan fingerprint density at radius 1 is 1.43 bits per heavy atom. The topological polar surface area (TPSA) is 85.2 Å². The Bertz CT molecular complexity index is 652. The van der Waals surface area contributed by atoms with Crippen LogP contribution >= 0.6 is 10.7 Å². The van der Waals surface area contributed by atoms with E-state index in [1.807, 2.05) is 13.8 Å². The minimum atomic E-state index is -3.89. The van der Waals surface area contributed by atoms with Gasteiger partial charge in [-0.2, -0.15) is 0 Å². The van der Waals surface area contributed by atoms with Gasteiger partial charge < -0.3 is 9.88 Å². The number of hydrogen-bond acceptors (Lipinski definition) is 4. The van der Waals surface area contributed by atoms with Crippen LogP contribution in [0.5, 0.6) is 0 Å². The lowest BCUT2D eigenvalue weighted by Crippen LogP contribution is -2.33. The van der Waals surface area contributed by atoms with Crippen LogP contribution in [0.1, 0.15) is 37.3 Å². The summed E-state index contributed by atoms with van der Waals surface area (Å²) in [7, 11) is 0.371. The number of amides is 1. The Balaban J connectivity index is 3.03. The second-order valence-electron chi connectivity index (χ2n) is 5.02. The second-order valence-corrected chi connectivity index (χ2v) is 9.39. The van der Waals surface area contributed by atoms with Crippen molar-refractivity contribution in [3.63, 3.8) is 0 Å². The maximum atomic E-state index is 12.2. The third-order valence-electron chi connectivity index (χ3n) is 3.01. The molecule has 21 heavy (non-hydrogen) atoms. The van der Waals surface area contributed by atoms with Crippen molar-refractivity contribution in [2.24, 2.45) is 0 Å². The van der Waals surface area contributed by atoms with Gasteiger partial charge in [-0.15, -0.1) is 0 Å². The Labute approximate surface area is 131 Å². The van der Waals surface area contributed by atoms with E-state index in [1.165, 1.54) is 16.8 Å². The molecule has 1 amide bonds. The molecule has 6 nitrogen and oxygen atoms in total. The highest BCUT2D eigenvalue weighted by atomic mass is 35.7. The van der Waals surface area contributed by atoms with Gasteiger partial charge in [-0.05, 0) is 26.8 Å². The van der Waals surface area contributed by atoms with E-state index in [1.54, 1.807) is 13.2 Å². The van der Waals surface area contributed by atoms with Crippen LogP contribution in [-0.4, -0.2) is 41.2 Å². The molecule has 2 atom stereocenters. The number of nitrogens with zero attached hydrogens (tertiary/aromatic N) is 1. The van der Waals surface area contributed by atoms with E-state index in [2.05, 4.69) is 5.32 Å². The molecule has 0 radical (unpaired) electrons. The molecule has 0 aliphatic carbocycles. The first kappa shape index (κ1) is 18.2. The van der Waals surface area contributed by atoms with Gasteiger partial charge in [0.25, 0.3) is 15.0 Å². The molecule has 2 unspecified atom stereocenters. The molecule has 0 aliphatic rings. The normalized spacial score (nSPS) is 15.0. The van der Waals surface area contributed by atoms with Crippen molar-refractivity contribution >= 4 is 36.4 Å². The van der Waals surface area contributed by atoms with Gasteiger partial charge in [0.2, 0.25) is 0 Å². The van der Waals surface area contributed by atoms with Crippen LogP contribution in [0.2, 0.25) is 0 Å². The highest BCUT2D eigenvalue weighted by Gasteiger charge is 2.21. The predicted molar refractivity (Wildman–Crippen MR) is 83.7 cm³/mol. The zero-order valence-electron chi connectivity index (χ0n) is 12.3. The maximum absolute atomic E-state index is 12.2. The van der Waals surface area contributed by atoms with Crippen molar-refractivity contribution in [2.45, 2.75) is 37.0 Å². The summed E-state index contributed by atoms with van der Waals surface area (Å²) in [4.78, 5) is 12.1. The van der Waals surface area contributed by atoms with Crippen LogP contribution in [0, 0.1) is 0 Å². The van der Waals surface area contributed by atoms with Gasteiger partial charge in [0.05, 0.1) is 0 Å². The minimum Gasteiger partial charge on any atom is -0.350 e. The first-order chi connectivity index (χ1) is 9.54. The summed E-state index contributed by atoms with van der Waals surface area (Å²) in [6.45, 7) is 5.65. The van der Waals surface area contributed by atoms with E-state index in [9.17, 15) is 17.4 Å². The molecule has 1 aromatic heterocycles. The largest absolute Gasteiger partial charge is 0.350 e. The van der Waals surface area contributed by atoms with Gasteiger partial charge in [0.1, 0.15) is 10.6 Å². The minimum absolute atomic E-state index is 0.101. The van der Waals surface area contributed by atoms with Gasteiger partial charge in [-0.25, -0.2) is 8.42 Å². The van der Waals surface area contributed by atoms with Gasteiger partial charge in [-0.1, -0.05) is 0 Å². The molecule has 9 heteroatoms. The third-order valence-corrected chi connectivity index (χ3v) is 5.63. The summed E-state index contributed by atoms with van der Waals surface area (Å²) in [6, 6.07) is 1.14. The van der Waals surface area contributed by atoms with E-state index in [4.69, 9.17) is 10.7 Å². The summed E-state index contributed by atoms with van der Waals surface area (Å²) < 4.78 is 35.6. The van der Waals surface area contributed by atoms with Crippen LogP contribution in [-0.2, 0) is 19.9 Å². The Morgan fingerprint density at radius 3 is 2.43 bits per heavy atom. The molecule has 0 bridgehead atoms. The number of aromatic nitrogens is 1.